The first-order valence-corrected chi connectivity index (χ1v) is 9.01. The highest BCUT2D eigenvalue weighted by molar-refractivity contribution is 6.35. The second kappa shape index (κ2) is 6.66. The number of nitrogens with zero attached hydrogens (tertiary/aromatic N) is 2. The molecule has 4 rings (SSSR count). The van der Waals surface area contributed by atoms with Crippen LogP contribution in [0, 0.1) is 11.8 Å². The van der Waals surface area contributed by atoms with Crippen LogP contribution in [0.4, 0.5) is 0 Å². The summed E-state index contributed by atoms with van der Waals surface area (Å²) < 4.78 is 0. The molecule has 2 heterocycles. The van der Waals surface area contributed by atoms with E-state index in [0.29, 0.717) is 16.0 Å². The predicted octanol–water partition coefficient (Wildman–Crippen LogP) is 5.57. The molecule has 2 aromatic rings. The van der Waals surface area contributed by atoms with Crippen LogP contribution in [0.25, 0.3) is 17.0 Å². The third kappa shape index (κ3) is 3.48. The molecule has 25 heavy (non-hydrogen) atoms. The lowest BCUT2D eigenvalue weighted by molar-refractivity contribution is 0.876. The first-order chi connectivity index (χ1) is 12.1. The van der Waals surface area contributed by atoms with Crippen LogP contribution < -0.4 is 5.32 Å². The first-order valence-electron chi connectivity index (χ1n) is 8.26. The summed E-state index contributed by atoms with van der Waals surface area (Å²) in [5.41, 5.74) is 3.53. The lowest BCUT2D eigenvalue weighted by Gasteiger charge is -2.17. The largest absolute Gasteiger partial charge is 0.340 e. The van der Waals surface area contributed by atoms with Crippen molar-refractivity contribution >= 4 is 35.1 Å². The van der Waals surface area contributed by atoms with E-state index >= 15 is 0 Å². The molecule has 1 saturated carbocycles. The van der Waals surface area contributed by atoms with Crippen molar-refractivity contribution in [2.24, 2.45) is 16.8 Å². The third-order valence-electron chi connectivity index (χ3n) is 4.54. The number of rotatable bonds is 3. The average Bonchev–Trinajstić information content (AvgIpc) is 3.32. The van der Waals surface area contributed by atoms with Crippen molar-refractivity contribution in [1.29, 1.82) is 0 Å². The van der Waals surface area contributed by atoms with E-state index in [1.807, 2.05) is 30.5 Å². The number of halogens is 2. The summed E-state index contributed by atoms with van der Waals surface area (Å²) in [6, 6.07) is 9.35. The van der Waals surface area contributed by atoms with Gasteiger partial charge in [-0.2, -0.15) is 0 Å². The summed E-state index contributed by atoms with van der Waals surface area (Å²) in [7, 11) is 0. The number of benzene rings is 1. The van der Waals surface area contributed by atoms with E-state index < -0.39 is 0 Å². The molecule has 1 aromatic carbocycles. The maximum atomic E-state index is 6.39. The normalized spacial score (nSPS) is 23.3. The van der Waals surface area contributed by atoms with Gasteiger partial charge in [0.25, 0.3) is 0 Å². The van der Waals surface area contributed by atoms with Crippen LogP contribution in [0.3, 0.4) is 0 Å². The predicted molar refractivity (Wildman–Crippen MR) is 105 cm³/mol. The van der Waals surface area contributed by atoms with Crippen molar-refractivity contribution in [3.63, 3.8) is 0 Å². The zero-order valence-corrected chi connectivity index (χ0v) is 15.2. The van der Waals surface area contributed by atoms with Gasteiger partial charge in [0.1, 0.15) is 5.82 Å². The molecule has 0 amide bonds. The van der Waals surface area contributed by atoms with E-state index in [2.05, 4.69) is 28.3 Å². The summed E-state index contributed by atoms with van der Waals surface area (Å²) in [6.45, 7) is 2.26. The maximum absolute atomic E-state index is 6.39. The van der Waals surface area contributed by atoms with Gasteiger partial charge < -0.3 is 5.32 Å². The van der Waals surface area contributed by atoms with E-state index in [1.54, 1.807) is 18.3 Å². The number of allylic oxidation sites excluding steroid dienone is 2. The first kappa shape index (κ1) is 16.4. The lowest BCUT2D eigenvalue weighted by Crippen LogP contribution is -2.15. The molecular formula is C20H17Cl2N3. The Labute approximate surface area is 157 Å². The number of nitrogens with one attached hydrogen (secondary N) is 1. The van der Waals surface area contributed by atoms with Gasteiger partial charge in [-0.25, -0.2) is 4.99 Å². The molecule has 3 nitrogen and oxygen atoms in total. The second-order valence-corrected chi connectivity index (χ2v) is 7.28. The van der Waals surface area contributed by atoms with E-state index in [9.17, 15) is 0 Å². The Balaban J connectivity index is 1.72. The van der Waals surface area contributed by atoms with Gasteiger partial charge in [0.15, 0.2) is 0 Å². The third-order valence-corrected chi connectivity index (χ3v) is 5.11. The number of hydrogen-bond acceptors (Lipinski definition) is 3. The SMILES string of the molecule is CC1C[C@@H]1/C=C1\N=CC=C(c2cccnc2-c2cc(Cl)ccc2Cl)N1. The molecule has 0 spiro atoms. The quantitative estimate of drug-likeness (QED) is 0.767. The minimum absolute atomic E-state index is 0.620. The van der Waals surface area contributed by atoms with E-state index in [1.165, 1.54) is 6.42 Å². The molecule has 1 fully saturated rings. The fraction of sp³-hybridized carbons (Fsp3) is 0.200. The Hall–Kier alpha value is -2.10. The highest BCUT2D eigenvalue weighted by Gasteiger charge is 2.31. The highest BCUT2D eigenvalue weighted by atomic mass is 35.5. The van der Waals surface area contributed by atoms with E-state index in [0.717, 1.165) is 34.3 Å². The van der Waals surface area contributed by atoms with Gasteiger partial charge in [-0.3, -0.25) is 4.98 Å². The van der Waals surface area contributed by atoms with Crippen LogP contribution in [0.1, 0.15) is 18.9 Å². The number of aromatic nitrogens is 1. The van der Waals surface area contributed by atoms with Crippen LogP contribution in [-0.4, -0.2) is 11.2 Å². The maximum Gasteiger partial charge on any atom is 0.126 e. The average molecular weight is 370 g/mol. The summed E-state index contributed by atoms with van der Waals surface area (Å²) in [5.74, 6) is 2.26. The number of pyridine rings is 1. The van der Waals surface area contributed by atoms with Crippen molar-refractivity contribution in [2.45, 2.75) is 13.3 Å². The molecule has 2 aliphatic rings. The lowest BCUT2D eigenvalue weighted by atomic mass is 10.0. The van der Waals surface area contributed by atoms with E-state index in [-0.39, 0.29) is 0 Å². The summed E-state index contributed by atoms with van der Waals surface area (Å²) in [5, 5.41) is 4.67. The number of aliphatic imine (C=N–C) groups is 1. The summed E-state index contributed by atoms with van der Waals surface area (Å²) >= 11 is 12.5. The Morgan fingerprint density at radius 3 is 2.84 bits per heavy atom. The molecule has 0 saturated heterocycles. The van der Waals surface area contributed by atoms with Gasteiger partial charge in [-0.1, -0.05) is 30.1 Å². The molecule has 126 valence electrons. The Kier molecular flexibility index (Phi) is 4.36. The van der Waals surface area contributed by atoms with Crippen molar-refractivity contribution in [1.82, 2.24) is 10.3 Å². The van der Waals surface area contributed by atoms with Gasteiger partial charge in [-0.05, 0) is 60.7 Å². The Morgan fingerprint density at radius 1 is 1.20 bits per heavy atom. The van der Waals surface area contributed by atoms with Gasteiger partial charge in [0.05, 0.1) is 16.4 Å². The van der Waals surface area contributed by atoms with Crippen LogP contribution in [0.2, 0.25) is 10.0 Å². The zero-order chi connectivity index (χ0) is 17.4. The van der Waals surface area contributed by atoms with Gasteiger partial charge in [0.2, 0.25) is 0 Å². The topological polar surface area (TPSA) is 37.3 Å². The minimum atomic E-state index is 0.620. The summed E-state index contributed by atoms with van der Waals surface area (Å²) in [4.78, 5) is 8.98. The van der Waals surface area contributed by atoms with Crippen LogP contribution in [0.5, 0.6) is 0 Å². The smallest absolute Gasteiger partial charge is 0.126 e. The van der Waals surface area contributed by atoms with Crippen molar-refractivity contribution in [3.05, 3.63) is 70.1 Å². The van der Waals surface area contributed by atoms with Gasteiger partial charge in [-0.15, -0.1) is 0 Å². The molecule has 5 heteroatoms. The van der Waals surface area contributed by atoms with Crippen LogP contribution in [0.15, 0.2) is 59.5 Å². The van der Waals surface area contributed by atoms with Gasteiger partial charge >= 0.3 is 0 Å². The second-order valence-electron chi connectivity index (χ2n) is 6.44. The molecule has 0 bridgehead atoms. The van der Waals surface area contributed by atoms with Crippen molar-refractivity contribution in [3.8, 4) is 11.3 Å². The molecule has 1 N–H and O–H groups in total. The molecule has 2 atom stereocenters. The zero-order valence-electron chi connectivity index (χ0n) is 13.7. The fourth-order valence-electron chi connectivity index (χ4n) is 2.95. The monoisotopic (exact) mass is 369 g/mol. The Bertz CT molecular complexity index is 915. The van der Waals surface area contributed by atoms with Crippen LogP contribution >= 0.6 is 23.2 Å². The number of hydrogen-bond donors (Lipinski definition) is 1. The highest BCUT2D eigenvalue weighted by Crippen LogP contribution is 2.40. The molecule has 1 unspecified atom stereocenters. The minimum Gasteiger partial charge on any atom is -0.340 e. The van der Waals surface area contributed by atoms with Gasteiger partial charge in [0, 0.05) is 28.6 Å². The van der Waals surface area contributed by atoms with E-state index in [4.69, 9.17) is 23.2 Å². The van der Waals surface area contributed by atoms with Crippen molar-refractivity contribution < 1.29 is 0 Å². The Morgan fingerprint density at radius 2 is 2.04 bits per heavy atom. The molecule has 0 radical (unpaired) electrons. The van der Waals surface area contributed by atoms with Crippen LogP contribution in [-0.2, 0) is 0 Å². The molecule has 1 aliphatic heterocycles. The molecule has 1 aliphatic carbocycles. The molecular weight excluding hydrogens is 353 g/mol. The summed E-state index contributed by atoms with van der Waals surface area (Å²) in [6.07, 6.45) is 8.97. The molecule has 1 aromatic heterocycles. The standard InChI is InChI=1S/C20H17Cl2N3/c1-12-9-13(12)10-19-23-8-6-18(25-19)15-3-2-7-24-20(15)16-11-14(21)4-5-17(16)22/h2-8,10-13,25H,9H2,1H3/b19-10+/t12?,13-/m1/s1. The fourth-order valence-corrected chi connectivity index (χ4v) is 3.33. The van der Waals surface area contributed by atoms with Crippen molar-refractivity contribution in [2.75, 3.05) is 0 Å².